The molecule has 41 heavy (non-hydrogen) atoms. The molecule has 7 N–H and O–H groups in total. The Hall–Kier alpha value is -3.27. The van der Waals surface area contributed by atoms with Crippen LogP contribution in [0, 0.1) is 0 Å². The minimum absolute atomic E-state index is 0.00761. The van der Waals surface area contributed by atoms with Gasteiger partial charge in [0, 0.05) is 24.1 Å². The molecule has 2 fully saturated rings. The molecule has 222 valence electrons. The first-order chi connectivity index (χ1) is 19.5. The summed E-state index contributed by atoms with van der Waals surface area (Å²) in [5.74, 6) is 0.131. The third-order valence-electron chi connectivity index (χ3n) is 7.47. The van der Waals surface area contributed by atoms with Crippen LogP contribution in [0.2, 0.25) is 0 Å². The van der Waals surface area contributed by atoms with Crippen LogP contribution in [0.3, 0.4) is 0 Å². The van der Waals surface area contributed by atoms with Gasteiger partial charge in [0.05, 0.1) is 37.6 Å². The van der Waals surface area contributed by atoms with Gasteiger partial charge in [-0.05, 0) is 31.2 Å². The maximum atomic E-state index is 13.2. The van der Waals surface area contributed by atoms with E-state index < -0.39 is 67.2 Å². The number of phenolic OH excluding ortho intramolecular Hbond substituents is 1. The fraction of sp³-hybridized carbons (Fsp3) is 0.464. The van der Waals surface area contributed by atoms with Crippen molar-refractivity contribution in [3.8, 4) is 28.6 Å². The van der Waals surface area contributed by atoms with Crippen molar-refractivity contribution >= 4 is 11.0 Å². The van der Waals surface area contributed by atoms with Gasteiger partial charge in [-0.3, -0.25) is 4.79 Å². The van der Waals surface area contributed by atoms with Crippen molar-refractivity contribution in [2.24, 2.45) is 0 Å². The highest BCUT2D eigenvalue weighted by molar-refractivity contribution is 5.89. The summed E-state index contributed by atoms with van der Waals surface area (Å²) in [5, 5.41) is 70.6. The van der Waals surface area contributed by atoms with Gasteiger partial charge in [0.25, 0.3) is 0 Å². The number of fused-ring (bicyclic) bond motifs is 1. The lowest BCUT2D eigenvalue weighted by Crippen LogP contribution is -2.60. The van der Waals surface area contributed by atoms with Crippen LogP contribution < -0.4 is 14.9 Å². The summed E-state index contributed by atoms with van der Waals surface area (Å²) in [6.07, 6.45) is -11.0. The summed E-state index contributed by atoms with van der Waals surface area (Å²) >= 11 is 0. The van der Waals surface area contributed by atoms with Crippen molar-refractivity contribution in [3.63, 3.8) is 0 Å². The Labute approximate surface area is 233 Å². The number of phenols is 1. The molecule has 1 aromatic heterocycles. The molecule has 9 unspecified atom stereocenters. The lowest BCUT2D eigenvalue weighted by atomic mass is 9.92. The van der Waals surface area contributed by atoms with Gasteiger partial charge in [0.15, 0.2) is 11.0 Å². The minimum atomic E-state index is -1.60. The van der Waals surface area contributed by atoms with Crippen LogP contribution in [0.4, 0.5) is 0 Å². The number of rotatable bonds is 6. The number of aromatic hydroxyl groups is 1. The number of benzene rings is 2. The molecule has 13 heteroatoms. The van der Waals surface area contributed by atoms with Crippen LogP contribution in [0.15, 0.2) is 45.6 Å². The number of aliphatic hydroxyl groups excluding tert-OH is 6. The number of aliphatic hydroxyl groups is 6. The molecule has 0 aliphatic carbocycles. The Bertz CT molecular complexity index is 1420. The molecule has 0 bridgehead atoms. The summed E-state index contributed by atoms with van der Waals surface area (Å²) in [5.41, 5.74) is 0.173. The molecule has 0 amide bonds. The summed E-state index contributed by atoms with van der Waals surface area (Å²) in [6, 6.07) is 8.58. The lowest BCUT2D eigenvalue weighted by molar-refractivity contribution is -0.277. The molecular weight excluding hydrogens is 544 g/mol. The first-order valence-corrected chi connectivity index (χ1v) is 13.0. The summed E-state index contributed by atoms with van der Waals surface area (Å²) in [6.45, 7) is 1.00. The molecule has 2 aliphatic heterocycles. The van der Waals surface area contributed by atoms with Gasteiger partial charge in [0.1, 0.15) is 58.9 Å². The smallest absolute Gasteiger partial charge is 0.229 e. The average Bonchev–Trinajstić information content (AvgIpc) is 2.95. The highest BCUT2D eigenvalue weighted by atomic mass is 16.7. The molecule has 0 radical (unpaired) electrons. The van der Waals surface area contributed by atoms with E-state index in [9.17, 15) is 40.5 Å². The zero-order chi connectivity index (χ0) is 29.6. The summed E-state index contributed by atoms with van der Waals surface area (Å²) < 4.78 is 28.5. The Kier molecular flexibility index (Phi) is 8.23. The third-order valence-corrected chi connectivity index (χ3v) is 7.47. The molecular formula is C28H32O13. The normalized spacial score (nSPS) is 32.1. The van der Waals surface area contributed by atoms with Gasteiger partial charge in [0.2, 0.25) is 6.29 Å². The number of hydrogen-bond donors (Lipinski definition) is 7. The summed E-state index contributed by atoms with van der Waals surface area (Å²) in [7, 11) is 1.37. The van der Waals surface area contributed by atoms with E-state index in [4.69, 9.17) is 23.4 Å². The molecule has 13 nitrogen and oxygen atoms in total. The Balaban J connectivity index is 1.49. The molecule has 3 heterocycles. The van der Waals surface area contributed by atoms with Gasteiger partial charge >= 0.3 is 0 Å². The second-order valence-corrected chi connectivity index (χ2v) is 10.2. The first-order valence-electron chi connectivity index (χ1n) is 13.0. The fourth-order valence-electron chi connectivity index (χ4n) is 5.18. The predicted molar refractivity (Wildman–Crippen MR) is 140 cm³/mol. The zero-order valence-electron chi connectivity index (χ0n) is 22.2. The number of ether oxygens (including phenoxy) is 4. The number of hydrogen-bond acceptors (Lipinski definition) is 13. The van der Waals surface area contributed by atoms with E-state index in [1.54, 1.807) is 19.1 Å². The Morgan fingerprint density at radius 3 is 2.29 bits per heavy atom. The van der Waals surface area contributed by atoms with Crippen molar-refractivity contribution in [3.05, 3.63) is 52.2 Å². The van der Waals surface area contributed by atoms with Crippen LogP contribution in [-0.4, -0.2) is 98.5 Å². The Morgan fingerprint density at radius 2 is 1.66 bits per heavy atom. The maximum absolute atomic E-state index is 13.2. The van der Waals surface area contributed by atoms with E-state index in [1.807, 2.05) is 0 Å². The van der Waals surface area contributed by atoms with Crippen molar-refractivity contribution in [1.82, 2.24) is 0 Å². The number of methoxy groups -OCH3 is 1. The van der Waals surface area contributed by atoms with E-state index >= 15 is 0 Å². The van der Waals surface area contributed by atoms with Crippen LogP contribution >= 0.6 is 0 Å². The van der Waals surface area contributed by atoms with Gasteiger partial charge in [-0.2, -0.15) is 0 Å². The molecule has 2 aromatic carbocycles. The van der Waals surface area contributed by atoms with E-state index in [2.05, 4.69) is 0 Å². The minimum Gasteiger partial charge on any atom is -0.507 e. The lowest BCUT2D eigenvalue weighted by Gasteiger charge is -2.39. The van der Waals surface area contributed by atoms with E-state index in [1.165, 1.54) is 31.4 Å². The van der Waals surface area contributed by atoms with Crippen LogP contribution in [-0.2, 0) is 9.47 Å². The van der Waals surface area contributed by atoms with E-state index in [0.29, 0.717) is 11.1 Å². The highest BCUT2D eigenvalue weighted by Gasteiger charge is 2.44. The van der Waals surface area contributed by atoms with Gasteiger partial charge in [-0.25, -0.2) is 0 Å². The fourth-order valence-corrected chi connectivity index (χ4v) is 5.18. The average molecular weight is 577 g/mol. The van der Waals surface area contributed by atoms with E-state index in [-0.39, 0.29) is 40.4 Å². The van der Waals surface area contributed by atoms with Crippen molar-refractivity contribution in [2.45, 2.75) is 68.5 Å². The zero-order valence-corrected chi connectivity index (χ0v) is 22.2. The molecule has 0 spiro atoms. The van der Waals surface area contributed by atoms with Crippen LogP contribution in [0.5, 0.6) is 17.2 Å². The van der Waals surface area contributed by atoms with Crippen LogP contribution in [0.1, 0.15) is 25.0 Å². The molecule has 0 saturated carbocycles. The monoisotopic (exact) mass is 576 g/mol. The van der Waals surface area contributed by atoms with Crippen molar-refractivity contribution < 1.29 is 59.1 Å². The van der Waals surface area contributed by atoms with Gasteiger partial charge in [-0.1, -0.05) is 0 Å². The van der Waals surface area contributed by atoms with Crippen molar-refractivity contribution in [2.75, 3.05) is 13.7 Å². The van der Waals surface area contributed by atoms with Gasteiger partial charge < -0.3 is 59.1 Å². The topological polar surface area (TPSA) is 209 Å². The predicted octanol–water partition coefficient (Wildman–Crippen LogP) is -0.0754. The SMILES string of the molecule is COc1cc(O)c2c(=O)cc(-c3ccc(OC4OC(CO)C(O)C(O)C4O)cc3)oc2c1C1CC(O)C(O)C(C)O1. The molecule has 2 saturated heterocycles. The molecule has 9 atom stereocenters. The third kappa shape index (κ3) is 5.38. The van der Waals surface area contributed by atoms with E-state index in [0.717, 1.165) is 0 Å². The molecule has 5 rings (SSSR count). The summed E-state index contributed by atoms with van der Waals surface area (Å²) in [4.78, 5) is 13.2. The van der Waals surface area contributed by atoms with Crippen molar-refractivity contribution in [1.29, 1.82) is 0 Å². The highest BCUT2D eigenvalue weighted by Crippen LogP contribution is 2.44. The second kappa shape index (κ2) is 11.5. The van der Waals surface area contributed by atoms with Crippen LogP contribution in [0.25, 0.3) is 22.3 Å². The first kappa shape index (κ1) is 29.2. The standard InChI is InChI=1S/C28H32O13/c1-11-23(33)16(32)9-19(38-11)22-18(37-2)8-15(31)21-14(30)7-17(40-27(21)22)12-3-5-13(6-4-12)39-28-26(36)25(35)24(34)20(10-29)41-28/h3-8,11,16,19-20,23-26,28-29,31-36H,9-10H2,1-2H3. The maximum Gasteiger partial charge on any atom is 0.229 e. The second-order valence-electron chi connectivity index (χ2n) is 10.2. The largest absolute Gasteiger partial charge is 0.507 e. The molecule has 3 aromatic rings. The van der Waals surface area contributed by atoms with Gasteiger partial charge in [-0.15, -0.1) is 0 Å². The Morgan fingerprint density at radius 1 is 0.951 bits per heavy atom. The quantitative estimate of drug-likeness (QED) is 0.205. The molecule has 2 aliphatic rings.